The minimum atomic E-state index is -4.05. The fraction of sp³-hybridized carbons (Fsp3) is 0.133. The van der Waals surface area contributed by atoms with Crippen LogP contribution in [-0.4, -0.2) is 28.0 Å². The van der Waals surface area contributed by atoms with Crippen LogP contribution in [0.2, 0.25) is 10.0 Å². The second-order valence-electron chi connectivity index (χ2n) is 5.07. The van der Waals surface area contributed by atoms with Gasteiger partial charge in [0.05, 0.1) is 23.5 Å². The Morgan fingerprint density at radius 1 is 1.24 bits per heavy atom. The molecule has 3 rings (SSSR count). The van der Waals surface area contributed by atoms with Crippen molar-refractivity contribution in [3.8, 4) is 11.5 Å². The molecule has 1 aliphatic rings. The zero-order valence-electron chi connectivity index (χ0n) is 12.8. The molecule has 1 heterocycles. The van der Waals surface area contributed by atoms with Gasteiger partial charge in [0.2, 0.25) is 0 Å². The molecule has 132 valence electrons. The van der Waals surface area contributed by atoms with Gasteiger partial charge >= 0.3 is 0 Å². The molecular weight excluding hydrogens is 391 g/mol. The summed E-state index contributed by atoms with van der Waals surface area (Å²) in [6.07, 6.45) is 0. The first-order valence-electron chi connectivity index (χ1n) is 6.93. The van der Waals surface area contributed by atoms with Crippen LogP contribution in [-0.2, 0) is 14.8 Å². The molecule has 0 aromatic heterocycles. The largest absolute Gasteiger partial charge is 0.495 e. The van der Waals surface area contributed by atoms with Gasteiger partial charge in [-0.3, -0.25) is 9.52 Å². The quantitative estimate of drug-likeness (QED) is 0.818. The van der Waals surface area contributed by atoms with Gasteiger partial charge in [0.1, 0.15) is 16.4 Å². The topological polar surface area (TPSA) is 93.7 Å². The molecule has 0 spiro atoms. The first-order chi connectivity index (χ1) is 11.8. The van der Waals surface area contributed by atoms with E-state index in [1.54, 1.807) is 6.07 Å². The molecule has 2 aromatic carbocycles. The Kier molecular flexibility index (Phi) is 4.68. The first kappa shape index (κ1) is 17.7. The highest BCUT2D eigenvalue weighted by atomic mass is 35.5. The van der Waals surface area contributed by atoms with E-state index in [2.05, 4.69) is 10.0 Å². The average molecular weight is 403 g/mol. The van der Waals surface area contributed by atoms with Crippen LogP contribution in [0, 0.1) is 0 Å². The van der Waals surface area contributed by atoms with E-state index in [0.717, 1.165) is 0 Å². The minimum Gasteiger partial charge on any atom is -0.495 e. The molecule has 0 bridgehead atoms. The zero-order chi connectivity index (χ0) is 18.2. The molecule has 2 aromatic rings. The molecule has 2 N–H and O–H groups in total. The molecule has 0 saturated carbocycles. The van der Waals surface area contributed by atoms with Crippen molar-refractivity contribution in [2.24, 2.45) is 0 Å². The first-order valence-corrected chi connectivity index (χ1v) is 9.16. The van der Waals surface area contributed by atoms with E-state index >= 15 is 0 Å². The third-order valence-corrected chi connectivity index (χ3v) is 5.43. The van der Waals surface area contributed by atoms with Crippen molar-refractivity contribution >= 4 is 50.5 Å². The molecule has 1 aliphatic heterocycles. The van der Waals surface area contributed by atoms with Crippen molar-refractivity contribution < 1.29 is 22.7 Å². The summed E-state index contributed by atoms with van der Waals surface area (Å²) in [4.78, 5) is 11.1. The maximum Gasteiger partial charge on any atom is 0.263 e. The van der Waals surface area contributed by atoms with Gasteiger partial charge in [0.25, 0.3) is 15.9 Å². The van der Waals surface area contributed by atoms with E-state index in [0.29, 0.717) is 16.5 Å². The molecule has 10 heteroatoms. The Balaban J connectivity index is 2.01. The Hall–Kier alpha value is -2.16. The minimum absolute atomic E-state index is 0.0713. The Bertz CT molecular complexity index is 963. The standard InChI is InChI=1S/C15H12Cl2N2O5S/c1-23-12-3-2-8(16)4-11(12)19-25(21,22)14-6-13-10(5-9(14)17)18-15(20)7-24-13/h2-6,19H,7H2,1H3,(H,18,20). The van der Waals surface area contributed by atoms with Crippen LogP contribution in [0.3, 0.4) is 0 Å². The number of hydrogen-bond acceptors (Lipinski definition) is 5. The summed E-state index contributed by atoms with van der Waals surface area (Å²) in [6.45, 7) is -0.205. The molecule has 1 amide bonds. The van der Waals surface area contributed by atoms with Crippen LogP contribution < -0.4 is 19.5 Å². The molecule has 0 fully saturated rings. The molecule has 0 unspecified atom stereocenters. The number of ether oxygens (including phenoxy) is 2. The van der Waals surface area contributed by atoms with Crippen LogP contribution in [0.4, 0.5) is 11.4 Å². The second-order valence-corrected chi connectivity index (χ2v) is 7.56. The summed E-state index contributed by atoms with van der Waals surface area (Å²) in [7, 11) is -2.65. The third-order valence-electron chi connectivity index (χ3n) is 3.36. The fourth-order valence-corrected chi connectivity index (χ4v) is 4.02. The number of halogens is 2. The van der Waals surface area contributed by atoms with Gasteiger partial charge < -0.3 is 14.8 Å². The van der Waals surface area contributed by atoms with Gasteiger partial charge in [-0.05, 0) is 24.3 Å². The molecule has 0 saturated heterocycles. The van der Waals surface area contributed by atoms with Gasteiger partial charge in [-0.25, -0.2) is 8.42 Å². The van der Waals surface area contributed by atoms with Crippen LogP contribution in [0.1, 0.15) is 0 Å². The summed E-state index contributed by atoms with van der Waals surface area (Å²) in [5.41, 5.74) is 0.471. The maximum absolute atomic E-state index is 12.7. The number of methoxy groups -OCH3 is 1. The number of hydrogen-bond donors (Lipinski definition) is 2. The second kappa shape index (κ2) is 6.62. The van der Waals surface area contributed by atoms with E-state index < -0.39 is 10.0 Å². The number of sulfonamides is 1. The number of fused-ring (bicyclic) bond motifs is 1. The van der Waals surface area contributed by atoms with Gasteiger partial charge in [-0.1, -0.05) is 23.2 Å². The summed E-state index contributed by atoms with van der Waals surface area (Å²) in [6, 6.07) is 7.09. The maximum atomic E-state index is 12.7. The van der Waals surface area contributed by atoms with Crippen LogP contribution in [0.25, 0.3) is 0 Å². The van der Waals surface area contributed by atoms with Crippen LogP contribution >= 0.6 is 23.2 Å². The number of rotatable bonds is 4. The summed E-state index contributed by atoms with van der Waals surface area (Å²) in [5, 5.41) is 2.82. The lowest BCUT2D eigenvalue weighted by Crippen LogP contribution is -2.25. The molecule has 0 radical (unpaired) electrons. The number of carbonyl (C=O) groups excluding carboxylic acids is 1. The van der Waals surface area contributed by atoms with Gasteiger partial charge in [0.15, 0.2) is 6.61 Å². The van der Waals surface area contributed by atoms with E-state index in [1.165, 1.54) is 31.4 Å². The van der Waals surface area contributed by atoms with E-state index in [4.69, 9.17) is 32.7 Å². The molecule has 25 heavy (non-hydrogen) atoms. The number of amides is 1. The highest BCUT2D eigenvalue weighted by Crippen LogP contribution is 2.37. The number of anilines is 2. The van der Waals surface area contributed by atoms with Gasteiger partial charge in [0, 0.05) is 11.1 Å². The van der Waals surface area contributed by atoms with Crippen molar-refractivity contribution in [1.82, 2.24) is 0 Å². The highest BCUT2D eigenvalue weighted by Gasteiger charge is 2.25. The third kappa shape index (κ3) is 3.60. The average Bonchev–Trinajstić information content (AvgIpc) is 2.53. The Morgan fingerprint density at radius 2 is 2.00 bits per heavy atom. The smallest absolute Gasteiger partial charge is 0.263 e. The molecular formula is C15H12Cl2N2O5S. The van der Waals surface area contributed by atoms with Gasteiger partial charge in [-0.2, -0.15) is 0 Å². The monoisotopic (exact) mass is 402 g/mol. The van der Waals surface area contributed by atoms with Gasteiger partial charge in [-0.15, -0.1) is 0 Å². The summed E-state index contributed by atoms with van der Waals surface area (Å²) < 4.78 is 38.2. The normalized spacial score (nSPS) is 13.5. The van der Waals surface area contributed by atoms with Crippen molar-refractivity contribution in [3.63, 3.8) is 0 Å². The Labute approximate surface area is 153 Å². The van der Waals surface area contributed by atoms with E-state index in [-0.39, 0.29) is 33.9 Å². The Morgan fingerprint density at radius 3 is 2.72 bits per heavy atom. The summed E-state index contributed by atoms with van der Waals surface area (Å²) >= 11 is 12.0. The molecule has 0 aliphatic carbocycles. The highest BCUT2D eigenvalue weighted by molar-refractivity contribution is 7.92. The number of carbonyl (C=O) groups is 1. The van der Waals surface area contributed by atoms with Crippen molar-refractivity contribution in [3.05, 3.63) is 40.4 Å². The molecule has 0 atom stereocenters. The van der Waals surface area contributed by atoms with Crippen molar-refractivity contribution in [2.75, 3.05) is 23.8 Å². The lowest BCUT2D eigenvalue weighted by molar-refractivity contribution is -0.118. The summed E-state index contributed by atoms with van der Waals surface area (Å²) in [5.74, 6) is 0.161. The number of benzene rings is 2. The zero-order valence-corrected chi connectivity index (χ0v) is 15.1. The van der Waals surface area contributed by atoms with Crippen molar-refractivity contribution in [2.45, 2.75) is 4.90 Å². The van der Waals surface area contributed by atoms with Crippen LogP contribution in [0.5, 0.6) is 11.5 Å². The predicted molar refractivity (Wildman–Crippen MR) is 94.4 cm³/mol. The molecule has 7 nitrogen and oxygen atoms in total. The fourth-order valence-electron chi connectivity index (χ4n) is 2.25. The lowest BCUT2D eigenvalue weighted by Gasteiger charge is -2.20. The van der Waals surface area contributed by atoms with E-state index in [1.807, 2.05) is 0 Å². The number of nitrogens with one attached hydrogen (secondary N) is 2. The lowest BCUT2D eigenvalue weighted by atomic mass is 10.2. The predicted octanol–water partition coefficient (Wildman–Crippen LogP) is 3.13. The SMILES string of the molecule is COc1ccc(Cl)cc1NS(=O)(=O)c1cc2c(cc1Cl)NC(=O)CO2. The van der Waals surface area contributed by atoms with Crippen LogP contribution in [0.15, 0.2) is 35.2 Å². The van der Waals surface area contributed by atoms with E-state index in [9.17, 15) is 13.2 Å². The van der Waals surface area contributed by atoms with Crippen molar-refractivity contribution in [1.29, 1.82) is 0 Å².